The molecule has 0 amide bonds. The predicted molar refractivity (Wildman–Crippen MR) is 73.1 cm³/mol. The topological polar surface area (TPSA) is 89.8 Å². The van der Waals surface area contributed by atoms with E-state index in [9.17, 15) is 0 Å². The molecule has 0 saturated carbocycles. The highest BCUT2D eigenvalue weighted by Gasteiger charge is 2.14. The summed E-state index contributed by atoms with van der Waals surface area (Å²) in [4.78, 5) is 0. The number of methoxy groups -OCH3 is 1. The number of hydrogen-bond donors (Lipinski definition) is 1. The molecule has 0 bridgehead atoms. The fraction of sp³-hybridized carbons (Fsp3) is 0.250. The van der Waals surface area contributed by atoms with Gasteiger partial charge in [-0.1, -0.05) is 11.8 Å². The summed E-state index contributed by atoms with van der Waals surface area (Å²) in [5.41, 5.74) is 0.840. The predicted octanol–water partition coefficient (Wildman–Crippen LogP) is 1.67. The minimum Gasteiger partial charge on any atom is -0.497 e. The van der Waals surface area contributed by atoms with Crippen molar-refractivity contribution in [3.63, 3.8) is 0 Å². The minimum absolute atomic E-state index is 0.227. The van der Waals surface area contributed by atoms with Gasteiger partial charge in [-0.25, -0.2) is 4.68 Å². The highest BCUT2D eigenvalue weighted by molar-refractivity contribution is 8.00. The van der Waals surface area contributed by atoms with E-state index < -0.39 is 0 Å². The fourth-order valence-corrected chi connectivity index (χ4v) is 2.14. The van der Waals surface area contributed by atoms with Crippen molar-refractivity contribution in [1.29, 1.82) is 5.26 Å². The van der Waals surface area contributed by atoms with Crippen LogP contribution in [0.25, 0.3) is 11.4 Å². The van der Waals surface area contributed by atoms with Gasteiger partial charge in [-0.05, 0) is 31.2 Å². The highest BCUT2D eigenvalue weighted by Crippen LogP contribution is 2.25. The Morgan fingerprint density at radius 3 is 2.63 bits per heavy atom. The van der Waals surface area contributed by atoms with Gasteiger partial charge in [0.2, 0.25) is 5.16 Å². The smallest absolute Gasteiger partial charge is 0.211 e. The first-order valence-electron chi connectivity index (χ1n) is 5.57. The van der Waals surface area contributed by atoms with Crippen molar-refractivity contribution < 1.29 is 4.74 Å². The minimum atomic E-state index is -0.227. The Morgan fingerprint density at radius 1 is 1.37 bits per heavy atom. The lowest BCUT2D eigenvalue weighted by Gasteiger charge is -2.05. The van der Waals surface area contributed by atoms with E-state index in [1.807, 2.05) is 24.3 Å². The Morgan fingerprint density at radius 2 is 2.05 bits per heavy atom. The number of rotatable bonds is 4. The lowest BCUT2D eigenvalue weighted by Crippen LogP contribution is -2.12. The Hall–Kier alpha value is -2.20. The molecule has 0 unspecified atom stereocenters. The number of benzene rings is 1. The third kappa shape index (κ3) is 2.80. The summed E-state index contributed by atoms with van der Waals surface area (Å²) in [6, 6.07) is 9.48. The van der Waals surface area contributed by atoms with E-state index in [2.05, 4.69) is 16.3 Å². The molecule has 1 heterocycles. The first-order valence-corrected chi connectivity index (χ1v) is 6.45. The van der Waals surface area contributed by atoms with Crippen molar-refractivity contribution in [3.05, 3.63) is 24.3 Å². The largest absolute Gasteiger partial charge is 0.497 e. The van der Waals surface area contributed by atoms with Crippen LogP contribution in [0.15, 0.2) is 29.4 Å². The second-order valence-corrected chi connectivity index (χ2v) is 5.10. The zero-order valence-corrected chi connectivity index (χ0v) is 11.4. The van der Waals surface area contributed by atoms with Crippen LogP contribution < -0.4 is 10.6 Å². The van der Waals surface area contributed by atoms with Crippen molar-refractivity contribution in [2.24, 2.45) is 0 Å². The van der Waals surface area contributed by atoms with Crippen molar-refractivity contribution in [1.82, 2.24) is 14.9 Å². The molecule has 7 heteroatoms. The number of nitrogens with two attached hydrogens (primary N) is 1. The number of ether oxygens (including phenoxy) is 1. The number of aromatic nitrogens is 3. The van der Waals surface area contributed by atoms with E-state index in [-0.39, 0.29) is 5.25 Å². The second kappa shape index (κ2) is 5.63. The number of nitrogens with zero attached hydrogens (tertiary/aromatic N) is 4. The number of hydrogen-bond acceptors (Lipinski definition) is 6. The Balaban J connectivity index is 2.28. The molecule has 1 atom stereocenters. The lowest BCUT2D eigenvalue weighted by molar-refractivity contribution is 0.415. The molecule has 0 saturated heterocycles. The van der Waals surface area contributed by atoms with Crippen LogP contribution in [-0.2, 0) is 0 Å². The molecule has 1 aromatic heterocycles. The summed E-state index contributed by atoms with van der Waals surface area (Å²) in [6.45, 7) is 1.78. The van der Waals surface area contributed by atoms with Gasteiger partial charge in [-0.15, -0.1) is 10.2 Å². The maximum atomic E-state index is 8.79. The van der Waals surface area contributed by atoms with Crippen molar-refractivity contribution in [3.8, 4) is 23.2 Å². The summed E-state index contributed by atoms with van der Waals surface area (Å²) in [7, 11) is 1.61. The molecule has 1 aromatic carbocycles. The highest BCUT2D eigenvalue weighted by atomic mass is 32.2. The van der Waals surface area contributed by atoms with Crippen LogP contribution in [-0.4, -0.2) is 27.2 Å². The van der Waals surface area contributed by atoms with E-state index in [0.717, 1.165) is 11.3 Å². The summed E-state index contributed by atoms with van der Waals surface area (Å²) < 4.78 is 6.48. The van der Waals surface area contributed by atoms with Gasteiger partial charge in [0.25, 0.3) is 0 Å². The molecule has 2 aromatic rings. The summed E-state index contributed by atoms with van der Waals surface area (Å²) >= 11 is 1.27. The van der Waals surface area contributed by atoms with Gasteiger partial charge < -0.3 is 10.6 Å². The number of thioether (sulfide) groups is 1. The zero-order valence-electron chi connectivity index (χ0n) is 10.6. The first kappa shape index (κ1) is 13.2. The van der Waals surface area contributed by atoms with Crippen LogP contribution in [0, 0.1) is 11.3 Å². The monoisotopic (exact) mass is 275 g/mol. The van der Waals surface area contributed by atoms with Crippen molar-refractivity contribution in [2.75, 3.05) is 13.0 Å². The van der Waals surface area contributed by atoms with Gasteiger partial charge in [-0.2, -0.15) is 5.26 Å². The molecule has 98 valence electrons. The van der Waals surface area contributed by atoms with Gasteiger partial charge in [0.15, 0.2) is 5.82 Å². The number of nitrogen functional groups attached to an aromatic ring is 1. The number of nitriles is 1. The third-order valence-electron chi connectivity index (χ3n) is 2.48. The van der Waals surface area contributed by atoms with Crippen LogP contribution in [0.4, 0.5) is 0 Å². The second-order valence-electron chi connectivity index (χ2n) is 3.79. The molecular weight excluding hydrogens is 262 g/mol. The average Bonchev–Trinajstić information content (AvgIpc) is 2.80. The van der Waals surface area contributed by atoms with Crippen LogP contribution in [0.5, 0.6) is 5.75 Å². The Kier molecular flexibility index (Phi) is 3.92. The summed E-state index contributed by atoms with van der Waals surface area (Å²) in [5, 5.41) is 17.1. The van der Waals surface area contributed by atoms with E-state index >= 15 is 0 Å². The maximum Gasteiger partial charge on any atom is 0.211 e. The molecule has 0 fully saturated rings. The van der Waals surface area contributed by atoms with Crippen molar-refractivity contribution in [2.45, 2.75) is 17.3 Å². The maximum absolute atomic E-state index is 8.79. The van der Waals surface area contributed by atoms with Gasteiger partial charge in [0, 0.05) is 5.56 Å². The van der Waals surface area contributed by atoms with E-state index in [0.29, 0.717) is 11.0 Å². The quantitative estimate of drug-likeness (QED) is 0.674. The Bertz CT molecular complexity index is 602. The standard InChI is InChI=1S/C12H13N5OS/c1-8(7-13)19-12-16-15-11(17(12)14)9-3-5-10(18-2)6-4-9/h3-6,8H,14H2,1-2H3/t8-/m0/s1. The van der Waals surface area contributed by atoms with E-state index in [1.165, 1.54) is 16.4 Å². The molecule has 0 aliphatic carbocycles. The lowest BCUT2D eigenvalue weighted by atomic mass is 10.2. The van der Waals surface area contributed by atoms with Gasteiger partial charge in [0.1, 0.15) is 5.75 Å². The van der Waals surface area contributed by atoms with Gasteiger partial charge in [-0.3, -0.25) is 0 Å². The van der Waals surface area contributed by atoms with Crippen LogP contribution in [0.3, 0.4) is 0 Å². The molecule has 6 nitrogen and oxygen atoms in total. The molecule has 2 N–H and O–H groups in total. The molecule has 0 aliphatic heterocycles. The van der Waals surface area contributed by atoms with E-state index in [4.69, 9.17) is 15.8 Å². The van der Waals surface area contributed by atoms with E-state index in [1.54, 1.807) is 14.0 Å². The third-order valence-corrected chi connectivity index (χ3v) is 3.42. The SMILES string of the molecule is COc1ccc(-c2nnc(S[C@@H](C)C#N)n2N)cc1. The molecular formula is C12H13N5OS. The molecule has 0 aliphatic rings. The normalized spacial score (nSPS) is 11.8. The Labute approximate surface area is 115 Å². The van der Waals surface area contributed by atoms with Crippen molar-refractivity contribution >= 4 is 11.8 Å². The zero-order chi connectivity index (χ0) is 13.8. The molecule has 19 heavy (non-hydrogen) atoms. The summed E-state index contributed by atoms with van der Waals surface area (Å²) in [5.74, 6) is 7.25. The molecule has 0 radical (unpaired) electrons. The van der Waals surface area contributed by atoms with Crippen LogP contribution >= 0.6 is 11.8 Å². The average molecular weight is 275 g/mol. The van der Waals surface area contributed by atoms with Crippen LogP contribution in [0.1, 0.15) is 6.92 Å². The summed E-state index contributed by atoms with van der Waals surface area (Å²) in [6.07, 6.45) is 0. The van der Waals surface area contributed by atoms with Gasteiger partial charge in [0.05, 0.1) is 18.4 Å². The molecule has 0 spiro atoms. The first-order chi connectivity index (χ1) is 9.15. The van der Waals surface area contributed by atoms with Crippen LogP contribution in [0.2, 0.25) is 0 Å². The molecule has 2 rings (SSSR count). The fourth-order valence-electron chi connectivity index (χ4n) is 1.48. The van der Waals surface area contributed by atoms with Gasteiger partial charge >= 0.3 is 0 Å².